The van der Waals surface area contributed by atoms with Gasteiger partial charge in [-0.15, -0.1) is 0 Å². The first-order valence-corrected chi connectivity index (χ1v) is 7.23. The van der Waals surface area contributed by atoms with Crippen LogP contribution in [0.15, 0.2) is 72.5 Å². The van der Waals surface area contributed by atoms with E-state index in [9.17, 15) is 14.7 Å². The van der Waals surface area contributed by atoms with Crippen molar-refractivity contribution in [2.24, 2.45) is 0 Å². The van der Waals surface area contributed by atoms with Crippen LogP contribution >= 0.6 is 0 Å². The number of rotatable bonds is 3. The predicted molar refractivity (Wildman–Crippen MR) is 84.3 cm³/mol. The van der Waals surface area contributed by atoms with Gasteiger partial charge in [-0.25, -0.2) is 4.79 Å². The molecule has 5 heteroatoms. The summed E-state index contributed by atoms with van der Waals surface area (Å²) in [4.78, 5) is 25.3. The van der Waals surface area contributed by atoms with Crippen molar-refractivity contribution in [1.29, 1.82) is 0 Å². The molecule has 0 saturated carbocycles. The lowest BCUT2D eigenvalue weighted by Crippen LogP contribution is -2.25. The molecule has 1 N–H and O–H groups in total. The zero-order chi connectivity index (χ0) is 16.2. The summed E-state index contributed by atoms with van der Waals surface area (Å²) in [7, 11) is 0. The van der Waals surface area contributed by atoms with Crippen LogP contribution < -0.4 is 0 Å². The Labute approximate surface area is 133 Å². The van der Waals surface area contributed by atoms with Gasteiger partial charge in [0.25, 0.3) is 5.91 Å². The number of allylic oxidation sites excluding steroid dienone is 4. The third-order valence-corrected chi connectivity index (χ3v) is 3.63. The summed E-state index contributed by atoms with van der Waals surface area (Å²) < 4.78 is 5.48. The van der Waals surface area contributed by atoms with E-state index in [4.69, 9.17) is 4.74 Å². The maximum atomic E-state index is 12.6. The van der Waals surface area contributed by atoms with E-state index >= 15 is 0 Å². The maximum absolute atomic E-state index is 12.6. The molecule has 1 amide bonds. The molecule has 1 aromatic rings. The van der Waals surface area contributed by atoms with Gasteiger partial charge in [-0.2, -0.15) is 0 Å². The summed E-state index contributed by atoms with van der Waals surface area (Å²) in [5.41, 5.74) is 1.12. The van der Waals surface area contributed by atoms with Crippen LogP contribution in [0.2, 0.25) is 0 Å². The monoisotopic (exact) mass is 309 g/mol. The molecule has 1 heterocycles. The molecule has 0 radical (unpaired) electrons. The molecule has 0 atom stereocenters. The van der Waals surface area contributed by atoms with Crippen LogP contribution in [-0.2, 0) is 4.74 Å². The number of hydrogen-bond donors (Lipinski definition) is 1. The largest absolute Gasteiger partial charge is 0.478 e. The van der Waals surface area contributed by atoms with Gasteiger partial charge in [0.15, 0.2) is 0 Å². The first-order valence-electron chi connectivity index (χ1n) is 7.23. The number of carbonyl (C=O) groups excluding carboxylic acids is 1. The van der Waals surface area contributed by atoms with Crippen LogP contribution in [0.5, 0.6) is 0 Å². The number of hydrogen-bond acceptors (Lipinski definition) is 3. The molecule has 1 aromatic carbocycles. The van der Waals surface area contributed by atoms with E-state index in [0.717, 1.165) is 18.4 Å². The molecule has 3 rings (SSSR count). The number of ether oxygens (including phenoxy) is 1. The number of aromatic carboxylic acids is 1. The lowest BCUT2D eigenvalue weighted by molar-refractivity contribution is 0.0687. The molecule has 0 bridgehead atoms. The van der Waals surface area contributed by atoms with E-state index in [0.29, 0.717) is 5.76 Å². The van der Waals surface area contributed by atoms with E-state index in [1.165, 1.54) is 29.5 Å². The molecular weight excluding hydrogens is 294 g/mol. The van der Waals surface area contributed by atoms with Gasteiger partial charge >= 0.3 is 5.97 Å². The topological polar surface area (TPSA) is 66.8 Å². The van der Waals surface area contributed by atoms with Crippen molar-refractivity contribution in [3.05, 3.63) is 83.6 Å². The summed E-state index contributed by atoms with van der Waals surface area (Å²) in [5.74, 6) is -0.944. The fraction of sp³-hybridized carbons (Fsp3) is 0.111. The number of benzene rings is 1. The number of nitrogens with zero attached hydrogens (tertiary/aromatic N) is 1. The highest BCUT2D eigenvalue weighted by molar-refractivity contribution is 6.05. The smallest absolute Gasteiger partial charge is 0.336 e. The third-order valence-electron chi connectivity index (χ3n) is 3.63. The van der Waals surface area contributed by atoms with Crippen molar-refractivity contribution in [3.63, 3.8) is 0 Å². The Bertz CT molecular complexity index is 771. The Kier molecular flexibility index (Phi) is 4.10. The highest BCUT2D eigenvalue weighted by Crippen LogP contribution is 2.25. The van der Waals surface area contributed by atoms with Crippen LogP contribution in [0.3, 0.4) is 0 Å². The van der Waals surface area contributed by atoms with Gasteiger partial charge in [0.2, 0.25) is 0 Å². The second-order valence-corrected chi connectivity index (χ2v) is 5.12. The van der Waals surface area contributed by atoms with Gasteiger partial charge < -0.3 is 9.84 Å². The minimum absolute atomic E-state index is 0.0212. The Balaban J connectivity index is 1.91. The molecule has 0 aromatic heterocycles. The molecule has 23 heavy (non-hydrogen) atoms. The number of carboxylic acid groups (broad SMARTS) is 1. The average Bonchev–Trinajstić information content (AvgIpc) is 2.62. The molecule has 5 nitrogen and oxygen atoms in total. The molecule has 0 spiro atoms. The Morgan fingerprint density at radius 1 is 1.17 bits per heavy atom. The van der Waals surface area contributed by atoms with Crippen LogP contribution in [0, 0.1) is 0 Å². The quantitative estimate of drug-likeness (QED) is 0.928. The van der Waals surface area contributed by atoms with Crippen molar-refractivity contribution in [2.75, 3.05) is 0 Å². The fourth-order valence-electron chi connectivity index (χ4n) is 2.46. The fourth-order valence-corrected chi connectivity index (χ4v) is 2.46. The summed E-state index contributed by atoms with van der Waals surface area (Å²) in [6.45, 7) is 0. The summed E-state index contributed by atoms with van der Waals surface area (Å²) in [5, 5.41) is 9.22. The second-order valence-electron chi connectivity index (χ2n) is 5.12. The van der Waals surface area contributed by atoms with E-state index in [1.54, 1.807) is 18.3 Å². The SMILES string of the molecule is O=C(O)c1ccccc1C(=O)N1C=COC(C2=CC=CCC2)=C1. The van der Waals surface area contributed by atoms with Crippen LogP contribution in [-0.4, -0.2) is 21.9 Å². The summed E-state index contributed by atoms with van der Waals surface area (Å²) in [6, 6.07) is 6.16. The summed E-state index contributed by atoms with van der Waals surface area (Å²) in [6.07, 6.45) is 12.2. The van der Waals surface area contributed by atoms with Crippen molar-refractivity contribution < 1.29 is 19.4 Å². The summed E-state index contributed by atoms with van der Waals surface area (Å²) >= 11 is 0. The first kappa shape index (κ1) is 14.8. The predicted octanol–water partition coefficient (Wildman–Crippen LogP) is 3.45. The zero-order valence-electron chi connectivity index (χ0n) is 12.3. The molecule has 116 valence electrons. The molecule has 0 fully saturated rings. The standard InChI is InChI=1S/C18H15NO4/c20-17(14-8-4-5-9-15(14)18(21)22)19-10-11-23-16(12-19)13-6-2-1-3-7-13/h1-2,4-6,8-12H,3,7H2,(H,21,22). The van der Waals surface area contributed by atoms with Gasteiger partial charge in [-0.3, -0.25) is 9.69 Å². The van der Waals surface area contributed by atoms with E-state index in [-0.39, 0.29) is 11.1 Å². The van der Waals surface area contributed by atoms with Gasteiger partial charge in [0.1, 0.15) is 12.0 Å². The van der Waals surface area contributed by atoms with E-state index in [2.05, 4.69) is 6.08 Å². The minimum atomic E-state index is -1.13. The lowest BCUT2D eigenvalue weighted by Gasteiger charge is -2.22. The van der Waals surface area contributed by atoms with Crippen molar-refractivity contribution in [1.82, 2.24) is 4.90 Å². The molecule has 2 aliphatic rings. The van der Waals surface area contributed by atoms with Crippen LogP contribution in [0.4, 0.5) is 0 Å². The van der Waals surface area contributed by atoms with Crippen LogP contribution in [0.25, 0.3) is 0 Å². The lowest BCUT2D eigenvalue weighted by atomic mass is 10.0. The average molecular weight is 309 g/mol. The minimum Gasteiger partial charge on any atom is -0.478 e. The first-order chi connectivity index (χ1) is 11.2. The van der Waals surface area contributed by atoms with Crippen molar-refractivity contribution in [3.8, 4) is 0 Å². The number of carbonyl (C=O) groups is 2. The maximum Gasteiger partial charge on any atom is 0.336 e. The zero-order valence-corrected chi connectivity index (χ0v) is 12.3. The van der Waals surface area contributed by atoms with E-state index in [1.807, 2.05) is 12.2 Å². The molecule has 1 aliphatic carbocycles. The highest BCUT2D eigenvalue weighted by Gasteiger charge is 2.22. The second kappa shape index (κ2) is 6.36. The van der Waals surface area contributed by atoms with Gasteiger partial charge in [-0.1, -0.05) is 30.4 Å². The van der Waals surface area contributed by atoms with Crippen LogP contribution in [0.1, 0.15) is 33.6 Å². The number of carboxylic acids is 1. The normalized spacial score (nSPS) is 16.4. The van der Waals surface area contributed by atoms with Gasteiger partial charge in [-0.05, 0) is 30.5 Å². The molecular formula is C18H15NO4. The third kappa shape index (κ3) is 3.08. The van der Waals surface area contributed by atoms with Gasteiger partial charge in [0.05, 0.1) is 17.3 Å². The van der Waals surface area contributed by atoms with Crippen molar-refractivity contribution >= 4 is 11.9 Å². The molecule has 0 saturated heterocycles. The number of amides is 1. The van der Waals surface area contributed by atoms with Gasteiger partial charge in [0, 0.05) is 6.20 Å². The van der Waals surface area contributed by atoms with E-state index < -0.39 is 11.9 Å². The Morgan fingerprint density at radius 3 is 2.65 bits per heavy atom. The Morgan fingerprint density at radius 2 is 1.96 bits per heavy atom. The molecule has 0 unspecified atom stereocenters. The molecule has 1 aliphatic heterocycles. The highest BCUT2D eigenvalue weighted by atomic mass is 16.5. The van der Waals surface area contributed by atoms with Crippen molar-refractivity contribution in [2.45, 2.75) is 12.8 Å². The Hall–Kier alpha value is -3.08.